The van der Waals surface area contributed by atoms with Crippen molar-refractivity contribution in [2.45, 2.75) is 44.4 Å². The van der Waals surface area contributed by atoms with Crippen molar-refractivity contribution < 1.29 is 4.79 Å². The molecule has 0 unspecified atom stereocenters. The molecule has 3 fully saturated rings. The highest BCUT2D eigenvalue weighted by Gasteiger charge is 2.63. The van der Waals surface area contributed by atoms with E-state index >= 15 is 0 Å². The van der Waals surface area contributed by atoms with Crippen LogP contribution in [-0.2, 0) is 11.8 Å². The minimum atomic E-state index is -0.0151. The maximum Gasteiger partial charge on any atom is 0.229 e. The van der Waals surface area contributed by atoms with Gasteiger partial charge >= 0.3 is 0 Å². The number of aryl methyl sites for hydroxylation is 1. The van der Waals surface area contributed by atoms with Crippen molar-refractivity contribution in [3.8, 4) is 0 Å². The largest absolute Gasteiger partial charge is 0.310 e. The maximum atomic E-state index is 13.0. The third-order valence-electron chi connectivity index (χ3n) is 7.60. The molecule has 3 aliphatic carbocycles. The summed E-state index contributed by atoms with van der Waals surface area (Å²) >= 11 is 6.57. The molecular weight excluding hydrogens is 396 g/mol. The van der Waals surface area contributed by atoms with E-state index in [1.165, 1.54) is 24.8 Å². The number of benzene rings is 1. The summed E-state index contributed by atoms with van der Waals surface area (Å²) < 4.78 is 1.80. The second-order valence-electron chi connectivity index (χ2n) is 9.47. The second kappa shape index (κ2) is 6.30. The molecular formula is C24H25ClN4O. The van der Waals surface area contributed by atoms with E-state index in [0.717, 1.165) is 27.8 Å². The summed E-state index contributed by atoms with van der Waals surface area (Å²) in [7, 11) is 1.91. The molecule has 0 bridgehead atoms. The van der Waals surface area contributed by atoms with Crippen molar-refractivity contribution in [2.75, 3.05) is 5.32 Å². The van der Waals surface area contributed by atoms with Gasteiger partial charge in [0, 0.05) is 41.7 Å². The Morgan fingerprint density at radius 1 is 1.27 bits per heavy atom. The van der Waals surface area contributed by atoms with Gasteiger partial charge in [-0.1, -0.05) is 24.9 Å². The van der Waals surface area contributed by atoms with Crippen LogP contribution in [0.5, 0.6) is 0 Å². The fourth-order valence-electron chi connectivity index (χ4n) is 5.54. The van der Waals surface area contributed by atoms with Crippen LogP contribution in [0.4, 0.5) is 5.82 Å². The standard InChI is InChI=1S/C24H25ClN4O/c1-3-16-21(15-11-27-29(2)12-15)22(16)23(30)28-20-8-13-6-17(18-9-24(18)4-5-24)19(25)7-14(13)10-26-20/h6-8,10-12,16,18,21-22H,3-5,9H2,1-2H3,(H,26,28,30)/t16-,18-,21-,22-/m0/s1. The molecule has 1 amide bonds. The van der Waals surface area contributed by atoms with Crippen LogP contribution >= 0.6 is 11.6 Å². The van der Waals surface area contributed by atoms with E-state index in [1.54, 1.807) is 4.68 Å². The van der Waals surface area contributed by atoms with E-state index in [-0.39, 0.29) is 17.7 Å². The van der Waals surface area contributed by atoms with Gasteiger partial charge in [-0.15, -0.1) is 0 Å². The Morgan fingerprint density at radius 2 is 2.10 bits per heavy atom. The maximum absolute atomic E-state index is 13.0. The van der Waals surface area contributed by atoms with Gasteiger partial charge in [0.2, 0.25) is 5.91 Å². The summed E-state index contributed by atoms with van der Waals surface area (Å²) in [5, 5.41) is 10.3. The zero-order valence-electron chi connectivity index (χ0n) is 17.2. The van der Waals surface area contributed by atoms with Gasteiger partial charge in [-0.2, -0.15) is 5.10 Å². The van der Waals surface area contributed by atoms with Gasteiger partial charge in [0.05, 0.1) is 6.20 Å². The molecule has 3 saturated carbocycles. The van der Waals surface area contributed by atoms with Crippen LogP contribution in [0.1, 0.15) is 55.6 Å². The highest BCUT2D eigenvalue weighted by molar-refractivity contribution is 6.32. The number of carbonyl (C=O) groups is 1. The lowest BCUT2D eigenvalue weighted by molar-refractivity contribution is -0.117. The SMILES string of the molecule is CC[C@@H]1[C@H](C(=O)Nc2cc3cc([C@@H]4CC45CC5)c(Cl)cc3cn2)[C@H]1c1cnn(C)c1. The zero-order valence-corrected chi connectivity index (χ0v) is 18.0. The Morgan fingerprint density at radius 3 is 2.77 bits per heavy atom. The number of nitrogens with one attached hydrogen (secondary N) is 1. The number of hydrogen-bond donors (Lipinski definition) is 1. The third kappa shape index (κ3) is 2.86. The van der Waals surface area contributed by atoms with Gasteiger partial charge in [0.15, 0.2) is 0 Å². The smallest absolute Gasteiger partial charge is 0.229 e. The van der Waals surface area contributed by atoms with Crippen molar-refractivity contribution >= 4 is 34.1 Å². The first-order chi connectivity index (χ1) is 14.5. The molecule has 5 nitrogen and oxygen atoms in total. The summed E-state index contributed by atoms with van der Waals surface area (Å²) in [4.78, 5) is 17.5. The first-order valence-electron chi connectivity index (χ1n) is 10.9. The highest BCUT2D eigenvalue weighted by Crippen LogP contribution is 2.75. The van der Waals surface area contributed by atoms with E-state index in [4.69, 9.17) is 11.6 Å². The van der Waals surface area contributed by atoms with Gasteiger partial charge < -0.3 is 5.32 Å². The molecule has 154 valence electrons. The molecule has 0 aliphatic heterocycles. The van der Waals surface area contributed by atoms with E-state index < -0.39 is 0 Å². The summed E-state index contributed by atoms with van der Waals surface area (Å²) in [6.45, 7) is 2.14. The molecule has 6 rings (SSSR count). The van der Waals surface area contributed by atoms with Gasteiger partial charge in [0.1, 0.15) is 5.82 Å². The highest BCUT2D eigenvalue weighted by atomic mass is 35.5. The van der Waals surface area contributed by atoms with Crippen LogP contribution in [0.3, 0.4) is 0 Å². The molecule has 4 atom stereocenters. The number of anilines is 1. The van der Waals surface area contributed by atoms with Crippen molar-refractivity contribution in [2.24, 2.45) is 24.3 Å². The summed E-state index contributed by atoms with van der Waals surface area (Å²) in [5.41, 5.74) is 2.97. The minimum absolute atomic E-state index is 0.0151. The van der Waals surface area contributed by atoms with Crippen LogP contribution in [-0.4, -0.2) is 20.7 Å². The van der Waals surface area contributed by atoms with E-state index in [2.05, 4.69) is 28.4 Å². The fraction of sp³-hybridized carbons (Fsp3) is 0.458. The Bertz CT molecular complexity index is 1180. The van der Waals surface area contributed by atoms with Crippen LogP contribution in [0.15, 0.2) is 36.8 Å². The van der Waals surface area contributed by atoms with Crippen LogP contribution in [0, 0.1) is 17.3 Å². The predicted molar refractivity (Wildman–Crippen MR) is 118 cm³/mol. The molecule has 1 aromatic carbocycles. The number of halogens is 1. The normalized spacial score (nSPS) is 28.0. The fourth-order valence-corrected chi connectivity index (χ4v) is 5.84. The lowest BCUT2D eigenvalue weighted by Gasteiger charge is -2.09. The van der Waals surface area contributed by atoms with Crippen LogP contribution in [0.2, 0.25) is 5.02 Å². The van der Waals surface area contributed by atoms with Crippen molar-refractivity contribution in [3.05, 3.63) is 52.9 Å². The summed E-state index contributed by atoms with van der Waals surface area (Å²) in [5.74, 6) is 1.88. The number of carbonyl (C=O) groups excluding carboxylic acids is 1. The van der Waals surface area contributed by atoms with Crippen LogP contribution < -0.4 is 5.32 Å². The molecule has 2 aromatic heterocycles. The third-order valence-corrected chi connectivity index (χ3v) is 7.93. The molecule has 1 N–H and O–H groups in total. The number of nitrogens with zero attached hydrogens (tertiary/aromatic N) is 3. The number of rotatable bonds is 5. The molecule has 1 spiro atoms. The number of hydrogen-bond acceptors (Lipinski definition) is 3. The Hall–Kier alpha value is -2.40. The predicted octanol–water partition coefficient (Wildman–Crippen LogP) is 5.27. The molecule has 3 aromatic rings. The lowest BCUT2D eigenvalue weighted by Crippen LogP contribution is -2.16. The molecule has 0 radical (unpaired) electrons. The molecule has 6 heteroatoms. The van der Waals surface area contributed by atoms with Gasteiger partial charge in [-0.3, -0.25) is 9.48 Å². The summed E-state index contributed by atoms with van der Waals surface area (Å²) in [6, 6.07) is 6.21. The van der Waals surface area contributed by atoms with E-state index in [1.807, 2.05) is 37.8 Å². The lowest BCUT2D eigenvalue weighted by atomic mass is 10.0. The van der Waals surface area contributed by atoms with E-state index in [9.17, 15) is 4.79 Å². The second-order valence-corrected chi connectivity index (χ2v) is 9.88. The average molecular weight is 421 g/mol. The Kier molecular flexibility index (Phi) is 3.86. The van der Waals surface area contributed by atoms with Crippen molar-refractivity contribution in [3.63, 3.8) is 0 Å². The van der Waals surface area contributed by atoms with Gasteiger partial charge in [0.25, 0.3) is 0 Å². The van der Waals surface area contributed by atoms with Crippen molar-refractivity contribution in [1.82, 2.24) is 14.8 Å². The Balaban J connectivity index is 1.24. The number of aromatic nitrogens is 3. The van der Waals surface area contributed by atoms with Crippen molar-refractivity contribution in [1.29, 1.82) is 0 Å². The zero-order chi connectivity index (χ0) is 20.6. The first-order valence-corrected chi connectivity index (χ1v) is 11.3. The topological polar surface area (TPSA) is 59.8 Å². The number of pyridine rings is 1. The van der Waals surface area contributed by atoms with Gasteiger partial charge in [-0.05, 0) is 71.2 Å². The molecule has 30 heavy (non-hydrogen) atoms. The molecule has 0 saturated heterocycles. The molecule has 2 heterocycles. The number of fused-ring (bicyclic) bond motifs is 1. The quantitative estimate of drug-likeness (QED) is 0.611. The minimum Gasteiger partial charge on any atom is -0.310 e. The average Bonchev–Trinajstić information content (AvgIpc) is 3.67. The first kappa shape index (κ1) is 18.4. The Labute approximate surface area is 180 Å². The number of amides is 1. The van der Waals surface area contributed by atoms with E-state index in [0.29, 0.717) is 23.1 Å². The van der Waals surface area contributed by atoms with Crippen LogP contribution in [0.25, 0.3) is 10.8 Å². The summed E-state index contributed by atoms with van der Waals surface area (Å²) in [6.07, 6.45) is 10.6. The monoisotopic (exact) mass is 420 g/mol. The van der Waals surface area contributed by atoms with Gasteiger partial charge in [-0.25, -0.2) is 4.98 Å². The molecule has 3 aliphatic rings.